The smallest absolute Gasteiger partial charge is 0.101 e. The van der Waals surface area contributed by atoms with Crippen molar-refractivity contribution in [2.24, 2.45) is 0 Å². The van der Waals surface area contributed by atoms with E-state index < -0.39 is 0 Å². The first-order valence-electron chi connectivity index (χ1n) is 5.66. The zero-order valence-electron chi connectivity index (χ0n) is 9.82. The summed E-state index contributed by atoms with van der Waals surface area (Å²) in [6.07, 6.45) is 1.01. The molecule has 1 saturated heterocycles. The van der Waals surface area contributed by atoms with Crippen LogP contribution in [0.25, 0.3) is 0 Å². The molecular formula is C13H15ClN2O. The molecular weight excluding hydrogens is 236 g/mol. The van der Waals surface area contributed by atoms with Gasteiger partial charge in [0.15, 0.2) is 0 Å². The second kappa shape index (κ2) is 5.39. The van der Waals surface area contributed by atoms with Gasteiger partial charge in [-0.25, -0.2) is 0 Å². The highest BCUT2D eigenvalue weighted by atomic mass is 35.5. The van der Waals surface area contributed by atoms with Gasteiger partial charge in [-0.1, -0.05) is 6.07 Å². The molecule has 0 spiro atoms. The van der Waals surface area contributed by atoms with Crippen LogP contribution in [0, 0.1) is 11.3 Å². The molecule has 1 heterocycles. The predicted octanol–water partition coefficient (Wildman–Crippen LogP) is 2.52. The van der Waals surface area contributed by atoms with E-state index in [2.05, 4.69) is 11.0 Å². The Hall–Kier alpha value is -1.24. The minimum absolute atomic E-state index is 0.365. The molecule has 0 amide bonds. The highest BCUT2D eigenvalue weighted by Gasteiger charge is 2.22. The van der Waals surface area contributed by atoms with Crippen LogP contribution in [0.2, 0.25) is 0 Å². The molecule has 1 atom stereocenters. The number of ether oxygens (including phenoxy) is 1. The molecule has 0 N–H and O–H groups in total. The van der Waals surface area contributed by atoms with Gasteiger partial charge in [-0.15, -0.1) is 11.6 Å². The zero-order valence-corrected chi connectivity index (χ0v) is 10.6. The van der Waals surface area contributed by atoms with Gasteiger partial charge in [0, 0.05) is 19.5 Å². The van der Waals surface area contributed by atoms with Crippen LogP contribution in [0.3, 0.4) is 0 Å². The van der Waals surface area contributed by atoms with Crippen molar-refractivity contribution in [1.29, 1.82) is 5.26 Å². The van der Waals surface area contributed by atoms with Crippen LogP contribution in [0.1, 0.15) is 17.5 Å². The van der Waals surface area contributed by atoms with Gasteiger partial charge in [0.1, 0.15) is 6.07 Å². The maximum Gasteiger partial charge on any atom is 0.101 e. The van der Waals surface area contributed by atoms with Crippen molar-refractivity contribution < 1.29 is 4.74 Å². The van der Waals surface area contributed by atoms with Crippen molar-refractivity contribution in [2.45, 2.75) is 18.3 Å². The van der Waals surface area contributed by atoms with Crippen LogP contribution in [0.15, 0.2) is 18.2 Å². The van der Waals surface area contributed by atoms with Gasteiger partial charge < -0.3 is 9.64 Å². The summed E-state index contributed by atoms with van der Waals surface area (Å²) in [7, 11) is 2.01. The van der Waals surface area contributed by atoms with Crippen molar-refractivity contribution in [2.75, 3.05) is 25.2 Å². The Morgan fingerprint density at radius 1 is 1.59 bits per heavy atom. The summed E-state index contributed by atoms with van der Waals surface area (Å²) in [6.45, 7) is 1.54. The van der Waals surface area contributed by atoms with Crippen LogP contribution in [0.5, 0.6) is 0 Å². The Labute approximate surface area is 107 Å². The number of likely N-dealkylation sites (N-methyl/N-ethyl adjacent to an activating group) is 1. The highest BCUT2D eigenvalue weighted by Crippen LogP contribution is 2.25. The van der Waals surface area contributed by atoms with Crippen LogP contribution in [-0.2, 0) is 10.6 Å². The largest absolute Gasteiger partial charge is 0.379 e. The number of hydrogen-bond acceptors (Lipinski definition) is 3. The van der Waals surface area contributed by atoms with Gasteiger partial charge in [0.25, 0.3) is 0 Å². The predicted molar refractivity (Wildman–Crippen MR) is 68.3 cm³/mol. The third-order valence-corrected chi connectivity index (χ3v) is 3.48. The van der Waals surface area contributed by atoms with Crippen LogP contribution >= 0.6 is 11.6 Å². The zero-order chi connectivity index (χ0) is 12.3. The molecule has 0 saturated carbocycles. The van der Waals surface area contributed by atoms with Crippen molar-refractivity contribution in [3.05, 3.63) is 29.3 Å². The highest BCUT2D eigenvalue weighted by molar-refractivity contribution is 6.17. The molecule has 17 heavy (non-hydrogen) atoms. The van der Waals surface area contributed by atoms with E-state index in [1.807, 2.05) is 25.2 Å². The summed E-state index contributed by atoms with van der Waals surface area (Å²) < 4.78 is 5.37. The van der Waals surface area contributed by atoms with Gasteiger partial charge >= 0.3 is 0 Å². The number of anilines is 1. The number of rotatable bonds is 3. The maximum absolute atomic E-state index is 9.18. The number of hydrogen-bond donors (Lipinski definition) is 0. The molecule has 1 fully saturated rings. The number of nitriles is 1. The third-order valence-electron chi connectivity index (χ3n) is 3.17. The molecule has 4 heteroatoms. The third kappa shape index (κ3) is 2.54. The van der Waals surface area contributed by atoms with Crippen molar-refractivity contribution in [3.8, 4) is 6.07 Å². The lowest BCUT2D eigenvalue weighted by Crippen LogP contribution is -2.32. The molecule has 3 nitrogen and oxygen atoms in total. The standard InChI is InChI=1S/C13H15ClN2O/c1-16(12-4-5-17-9-12)13-3-2-10(7-14)6-11(13)8-15/h2-3,6,12H,4-5,7,9H2,1H3. The van der Waals surface area contributed by atoms with E-state index in [0.29, 0.717) is 17.5 Å². The van der Waals surface area contributed by atoms with Gasteiger partial charge in [0.2, 0.25) is 0 Å². The summed E-state index contributed by atoms with van der Waals surface area (Å²) in [5.74, 6) is 0.436. The molecule has 1 aliphatic heterocycles. The Kier molecular flexibility index (Phi) is 3.88. The van der Waals surface area contributed by atoms with Crippen molar-refractivity contribution >= 4 is 17.3 Å². The molecule has 0 aliphatic carbocycles. The first kappa shape index (κ1) is 12.2. The Morgan fingerprint density at radius 2 is 2.41 bits per heavy atom. The van der Waals surface area contributed by atoms with E-state index >= 15 is 0 Å². The molecule has 2 rings (SSSR count). The molecule has 1 aromatic carbocycles. The summed E-state index contributed by atoms with van der Waals surface area (Å²) >= 11 is 5.77. The van der Waals surface area contributed by atoms with E-state index in [1.54, 1.807) is 0 Å². The summed E-state index contributed by atoms with van der Waals surface area (Å²) in [6, 6.07) is 8.39. The maximum atomic E-state index is 9.18. The number of benzene rings is 1. The summed E-state index contributed by atoms with van der Waals surface area (Å²) in [5.41, 5.74) is 2.61. The van der Waals surface area contributed by atoms with Gasteiger partial charge in [-0.2, -0.15) is 5.26 Å². The molecule has 1 aromatic rings. The first-order valence-corrected chi connectivity index (χ1v) is 6.19. The fraction of sp³-hybridized carbons (Fsp3) is 0.462. The average molecular weight is 251 g/mol. The Bertz CT molecular complexity index is 436. The number of nitrogens with zero attached hydrogens (tertiary/aromatic N) is 2. The minimum Gasteiger partial charge on any atom is -0.379 e. The van der Waals surface area contributed by atoms with E-state index in [4.69, 9.17) is 16.3 Å². The lowest BCUT2D eigenvalue weighted by Gasteiger charge is -2.26. The molecule has 1 aliphatic rings. The first-order chi connectivity index (χ1) is 8.26. The molecule has 0 radical (unpaired) electrons. The van der Waals surface area contributed by atoms with Gasteiger partial charge in [-0.05, 0) is 24.1 Å². The van der Waals surface area contributed by atoms with E-state index in [-0.39, 0.29) is 0 Å². The quantitative estimate of drug-likeness (QED) is 0.774. The fourth-order valence-electron chi connectivity index (χ4n) is 2.09. The monoisotopic (exact) mass is 250 g/mol. The molecule has 0 aromatic heterocycles. The van der Waals surface area contributed by atoms with Crippen molar-refractivity contribution in [1.82, 2.24) is 0 Å². The second-order valence-corrected chi connectivity index (χ2v) is 4.49. The SMILES string of the molecule is CN(c1ccc(CCl)cc1C#N)C1CCOC1. The Balaban J connectivity index is 2.28. The topological polar surface area (TPSA) is 36.3 Å². The fourth-order valence-corrected chi connectivity index (χ4v) is 2.25. The van der Waals surface area contributed by atoms with Gasteiger partial charge in [0.05, 0.1) is 23.9 Å². The summed E-state index contributed by atoms with van der Waals surface area (Å²) in [4.78, 5) is 2.13. The second-order valence-electron chi connectivity index (χ2n) is 4.23. The van der Waals surface area contributed by atoms with Gasteiger partial charge in [-0.3, -0.25) is 0 Å². The molecule has 0 bridgehead atoms. The lowest BCUT2D eigenvalue weighted by atomic mass is 10.1. The van der Waals surface area contributed by atoms with Crippen LogP contribution in [0.4, 0.5) is 5.69 Å². The van der Waals surface area contributed by atoms with E-state index in [0.717, 1.165) is 30.9 Å². The van der Waals surface area contributed by atoms with E-state index in [9.17, 15) is 5.26 Å². The molecule has 1 unspecified atom stereocenters. The molecule has 90 valence electrons. The van der Waals surface area contributed by atoms with Crippen LogP contribution < -0.4 is 4.90 Å². The van der Waals surface area contributed by atoms with Crippen LogP contribution in [-0.4, -0.2) is 26.3 Å². The average Bonchev–Trinajstić information content (AvgIpc) is 2.91. The lowest BCUT2D eigenvalue weighted by molar-refractivity contribution is 0.193. The van der Waals surface area contributed by atoms with E-state index in [1.165, 1.54) is 0 Å². The normalized spacial score (nSPS) is 19.0. The minimum atomic E-state index is 0.365. The number of halogens is 1. The summed E-state index contributed by atoms with van der Waals surface area (Å²) in [5, 5.41) is 9.18. The van der Waals surface area contributed by atoms with Crippen molar-refractivity contribution in [3.63, 3.8) is 0 Å². The Morgan fingerprint density at radius 3 is 3.00 bits per heavy atom. The number of alkyl halides is 1.